The van der Waals surface area contributed by atoms with Gasteiger partial charge in [-0.05, 0) is 44.5 Å². The lowest BCUT2D eigenvalue weighted by Gasteiger charge is -2.40. The van der Waals surface area contributed by atoms with Crippen LogP contribution < -0.4 is 10.5 Å². The van der Waals surface area contributed by atoms with Gasteiger partial charge in [0.15, 0.2) is 0 Å². The zero-order valence-electron chi connectivity index (χ0n) is 18.6. The summed E-state index contributed by atoms with van der Waals surface area (Å²) in [6.07, 6.45) is 0. The Bertz CT molecular complexity index is 1080. The monoisotopic (exact) mass is 417 g/mol. The summed E-state index contributed by atoms with van der Waals surface area (Å²) in [5.41, 5.74) is 4.60. The normalized spacial score (nSPS) is 15.8. The van der Waals surface area contributed by atoms with Crippen molar-refractivity contribution in [2.75, 3.05) is 31.1 Å². The maximum absolute atomic E-state index is 13.4. The summed E-state index contributed by atoms with van der Waals surface area (Å²) >= 11 is 0. The number of benzene rings is 2. The number of aromatic hydroxyl groups is 1. The molecule has 0 aliphatic carbocycles. The molecule has 0 saturated carbocycles. The van der Waals surface area contributed by atoms with E-state index in [1.54, 1.807) is 10.6 Å². The first-order chi connectivity index (χ1) is 15.0. The summed E-state index contributed by atoms with van der Waals surface area (Å²) in [7, 11) is 0. The molecule has 1 atom stereocenters. The number of hydrogen-bond acceptors (Lipinski definition) is 4. The number of piperazine rings is 1. The van der Waals surface area contributed by atoms with Crippen LogP contribution in [0.2, 0.25) is 0 Å². The molecule has 5 heteroatoms. The molecule has 4 rings (SSSR count). The number of rotatable bonds is 5. The van der Waals surface area contributed by atoms with Crippen LogP contribution in [-0.2, 0) is 6.54 Å². The highest BCUT2D eigenvalue weighted by Gasteiger charge is 2.31. The van der Waals surface area contributed by atoms with E-state index < -0.39 is 0 Å². The summed E-state index contributed by atoms with van der Waals surface area (Å²) in [5, 5.41) is 10.9. The van der Waals surface area contributed by atoms with Crippen molar-refractivity contribution in [2.45, 2.75) is 33.4 Å². The molecule has 31 heavy (non-hydrogen) atoms. The summed E-state index contributed by atoms with van der Waals surface area (Å²) in [6, 6.07) is 20.2. The van der Waals surface area contributed by atoms with E-state index in [4.69, 9.17) is 0 Å². The first-order valence-corrected chi connectivity index (χ1v) is 11.0. The summed E-state index contributed by atoms with van der Waals surface area (Å²) in [5.74, 6) is 0.0864. The van der Waals surface area contributed by atoms with E-state index in [1.165, 1.54) is 11.3 Å². The third kappa shape index (κ3) is 4.23. The van der Waals surface area contributed by atoms with Gasteiger partial charge in [0, 0.05) is 44.1 Å². The second kappa shape index (κ2) is 8.98. The van der Waals surface area contributed by atoms with Crippen molar-refractivity contribution in [1.29, 1.82) is 0 Å². The fraction of sp³-hybridized carbons (Fsp3) is 0.346. The van der Waals surface area contributed by atoms with Gasteiger partial charge in [0.05, 0.1) is 11.6 Å². The molecule has 162 valence electrons. The highest BCUT2D eigenvalue weighted by Crippen LogP contribution is 2.34. The van der Waals surface area contributed by atoms with Crippen molar-refractivity contribution in [3.8, 4) is 5.75 Å². The molecule has 2 heterocycles. The zero-order chi connectivity index (χ0) is 22.0. The minimum Gasteiger partial charge on any atom is -0.507 e. The van der Waals surface area contributed by atoms with Gasteiger partial charge in [-0.25, -0.2) is 0 Å². The Kier molecular flexibility index (Phi) is 6.14. The third-order valence-electron chi connectivity index (χ3n) is 6.31. The molecule has 0 amide bonds. The predicted octanol–water partition coefficient (Wildman–Crippen LogP) is 4.10. The van der Waals surface area contributed by atoms with Gasteiger partial charge in [-0.1, -0.05) is 48.0 Å². The first-order valence-electron chi connectivity index (χ1n) is 11.0. The maximum atomic E-state index is 13.4. The molecular weight excluding hydrogens is 386 g/mol. The number of anilines is 1. The number of aryl methyl sites for hydroxylation is 2. The minimum atomic E-state index is -0.274. The molecule has 3 aromatic rings. The summed E-state index contributed by atoms with van der Waals surface area (Å²) in [4.78, 5) is 18.1. The molecule has 0 unspecified atom stereocenters. The van der Waals surface area contributed by atoms with Crippen molar-refractivity contribution < 1.29 is 5.11 Å². The van der Waals surface area contributed by atoms with Gasteiger partial charge in [-0.3, -0.25) is 9.69 Å². The van der Waals surface area contributed by atoms with Crippen molar-refractivity contribution in [3.63, 3.8) is 0 Å². The van der Waals surface area contributed by atoms with E-state index >= 15 is 0 Å². The SMILES string of the molecule is CCn1c(C)cc(O)c([C@@H](c2ccc(C)cc2)N2CCN(c3ccccc3)CC2)c1=O. The molecule has 1 saturated heterocycles. The molecule has 1 aliphatic heterocycles. The van der Waals surface area contributed by atoms with Gasteiger partial charge in [-0.15, -0.1) is 0 Å². The van der Waals surface area contributed by atoms with Crippen LogP contribution in [-0.4, -0.2) is 40.8 Å². The van der Waals surface area contributed by atoms with Crippen LogP contribution in [0.3, 0.4) is 0 Å². The summed E-state index contributed by atoms with van der Waals surface area (Å²) in [6.45, 7) is 9.86. The van der Waals surface area contributed by atoms with Crippen LogP contribution >= 0.6 is 0 Å². The lowest BCUT2D eigenvalue weighted by atomic mass is 9.95. The minimum absolute atomic E-state index is 0.0864. The average Bonchev–Trinajstić information content (AvgIpc) is 2.78. The molecule has 1 N–H and O–H groups in total. The summed E-state index contributed by atoms with van der Waals surface area (Å²) < 4.78 is 1.75. The molecule has 2 aromatic carbocycles. The van der Waals surface area contributed by atoms with Crippen LogP contribution in [0.4, 0.5) is 5.69 Å². The number of aromatic nitrogens is 1. The molecular formula is C26H31N3O2. The lowest BCUT2D eigenvalue weighted by molar-refractivity contribution is 0.207. The van der Waals surface area contributed by atoms with Crippen LogP contribution in [0, 0.1) is 13.8 Å². The fourth-order valence-corrected chi connectivity index (χ4v) is 4.60. The molecule has 1 fully saturated rings. The number of para-hydroxylation sites is 1. The second-order valence-corrected chi connectivity index (χ2v) is 8.31. The molecule has 1 aromatic heterocycles. The number of hydrogen-bond donors (Lipinski definition) is 1. The average molecular weight is 418 g/mol. The van der Waals surface area contributed by atoms with Crippen molar-refractivity contribution in [1.82, 2.24) is 9.47 Å². The quantitative estimate of drug-likeness (QED) is 0.679. The number of pyridine rings is 1. The Labute approximate surface area is 184 Å². The Hall–Kier alpha value is -3.05. The van der Waals surface area contributed by atoms with E-state index in [0.717, 1.165) is 37.4 Å². The Morgan fingerprint density at radius 2 is 1.58 bits per heavy atom. The van der Waals surface area contributed by atoms with E-state index in [9.17, 15) is 9.90 Å². The van der Waals surface area contributed by atoms with E-state index in [2.05, 4.69) is 65.3 Å². The maximum Gasteiger partial charge on any atom is 0.259 e. The third-order valence-corrected chi connectivity index (χ3v) is 6.31. The molecule has 5 nitrogen and oxygen atoms in total. The van der Waals surface area contributed by atoms with Crippen LogP contribution in [0.15, 0.2) is 65.5 Å². The first kappa shape index (κ1) is 21.2. The van der Waals surface area contributed by atoms with Gasteiger partial charge in [0.2, 0.25) is 0 Å². The standard InChI is InChI=1S/C26H31N3O2/c1-4-29-20(3)18-23(30)24(26(29)31)25(21-12-10-19(2)11-13-21)28-16-14-27(15-17-28)22-8-6-5-7-9-22/h5-13,18,25,30H,4,14-17H2,1-3H3/t25-/m1/s1. The molecule has 1 aliphatic rings. The Balaban J connectivity index is 1.72. The van der Waals surface area contributed by atoms with Gasteiger partial charge < -0.3 is 14.6 Å². The van der Waals surface area contributed by atoms with Gasteiger partial charge in [-0.2, -0.15) is 0 Å². The molecule has 0 radical (unpaired) electrons. The fourth-order valence-electron chi connectivity index (χ4n) is 4.60. The van der Waals surface area contributed by atoms with Crippen molar-refractivity contribution in [2.24, 2.45) is 0 Å². The van der Waals surface area contributed by atoms with E-state index in [0.29, 0.717) is 12.1 Å². The highest BCUT2D eigenvalue weighted by atomic mass is 16.3. The largest absolute Gasteiger partial charge is 0.507 e. The van der Waals surface area contributed by atoms with Gasteiger partial charge in [0.25, 0.3) is 5.56 Å². The van der Waals surface area contributed by atoms with E-state index in [-0.39, 0.29) is 17.4 Å². The smallest absolute Gasteiger partial charge is 0.259 e. The lowest BCUT2D eigenvalue weighted by Crippen LogP contribution is -2.49. The van der Waals surface area contributed by atoms with Crippen molar-refractivity contribution >= 4 is 5.69 Å². The van der Waals surface area contributed by atoms with Crippen molar-refractivity contribution in [3.05, 3.63) is 93.4 Å². The topological polar surface area (TPSA) is 48.7 Å². The molecule has 0 bridgehead atoms. The predicted molar refractivity (Wildman–Crippen MR) is 126 cm³/mol. The van der Waals surface area contributed by atoms with Crippen LogP contribution in [0.5, 0.6) is 5.75 Å². The Morgan fingerprint density at radius 1 is 0.935 bits per heavy atom. The second-order valence-electron chi connectivity index (χ2n) is 8.31. The van der Waals surface area contributed by atoms with Gasteiger partial charge in [0.1, 0.15) is 5.75 Å². The van der Waals surface area contributed by atoms with E-state index in [1.807, 2.05) is 19.9 Å². The highest BCUT2D eigenvalue weighted by molar-refractivity contribution is 5.47. The van der Waals surface area contributed by atoms with Gasteiger partial charge >= 0.3 is 0 Å². The number of nitrogens with zero attached hydrogens (tertiary/aromatic N) is 3. The van der Waals surface area contributed by atoms with Crippen LogP contribution in [0.25, 0.3) is 0 Å². The zero-order valence-corrected chi connectivity index (χ0v) is 18.6. The Morgan fingerprint density at radius 3 is 2.19 bits per heavy atom. The molecule has 0 spiro atoms. The van der Waals surface area contributed by atoms with Crippen LogP contribution in [0.1, 0.15) is 35.3 Å².